The monoisotopic (exact) mass is 458 g/mol. The van der Waals surface area contributed by atoms with E-state index < -0.39 is 18.1 Å². The Morgan fingerprint density at radius 2 is 1.61 bits per heavy atom. The lowest BCUT2D eigenvalue weighted by Gasteiger charge is -2.30. The van der Waals surface area contributed by atoms with E-state index in [1.165, 1.54) is 56.7 Å². The molecule has 5 nitrogen and oxygen atoms in total. The molecule has 0 N–H and O–H groups in total. The summed E-state index contributed by atoms with van der Waals surface area (Å²) < 4.78 is 37.0. The van der Waals surface area contributed by atoms with Crippen LogP contribution in [0, 0.1) is 11.7 Å². The van der Waals surface area contributed by atoms with Gasteiger partial charge in [-0.1, -0.05) is 51.5 Å². The van der Waals surface area contributed by atoms with Crippen LogP contribution in [-0.4, -0.2) is 25.8 Å². The summed E-state index contributed by atoms with van der Waals surface area (Å²) in [5.41, 5.74) is 0.424. The largest absolute Gasteiger partial charge is 0.494 e. The number of benzene rings is 2. The van der Waals surface area contributed by atoms with Gasteiger partial charge in [0.1, 0.15) is 17.3 Å². The second-order valence-corrected chi connectivity index (χ2v) is 8.45. The van der Waals surface area contributed by atoms with Crippen LogP contribution in [-0.2, 0) is 9.47 Å². The molecule has 1 fully saturated rings. The molecule has 0 aromatic heterocycles. The van der Waals surface area contributed by atoms with Crippen molar-refractivity contribution in [1.29, 1.82) is 0 Å². The van der Waals surface area contributed by atoms with Crippen LogP contribution >= 0.6 is 0 Å². The number of carbonyl (C=O) groups is 1. The Hall–Kier alpha value is -2.44. The first-order chi connectivity index (χ1) is 16.1. The van der Waals surface area contributed by atoms with E-state index in [4.69, 9.17) is 18.9 Å². The minimum atomic E-state index is -0.748. The molecular weight excluding hydrogens is 423 g/mol. The maximum atomic E-state index is 14.7. The fraction of sp³-hybridized carbons (Fsp3) is 0.519. The lowest BCUT2D eigenvalue weighted by molar-refractivity contribution is -0.207. The zero-order valence-electron chi connectivity index (χ0n) is 19.7. The fourth-order valence-electron chi connectivity index (χ4n) is 3.88. The summed E-state index contributed by atoms with van der Waals surface area (Å²) >= 11 is 0. The number of rotatable bonds is 12. The smallest absolute Gasteiger partial charge is 0.343 e. The minimum absolute atomic E-state index is 0.127. The summed E-state index contributed by atoms with van der Waals surface area (Å²) in [6, 6.07) is 10.9. The van der Waals surface area contributed by atoms with Crippen molar-refractivity contribution in [2.24, 2.45) is 5.92 Å². The van der Waals surface area contributed by atoms with Gasteiger partial charge >= 0.3 is 5.97 Å². The highest BCUT2D eigenvalue weighted by atomic mass is 19.1. The van der Waals surface area contributed by atoms with Gasteiger partial charge in [0.05, 0.1) is 25.4 Å². The van der Waals surface area contributed by atoms with Crippen LogP contribution in [0.5, 0.6) is 11.5 Å². The van der Waals surface area contributed by atoms with E-state index in [1.807, 2.05) is 6.92 Å². The fourth-order valence-corrected chi connectivity index (χ4v) is 3.88. The lowest BCUT2D eigenvalue weighted by atomic mass is 10.0. The summed E-state index contributed by atoms with van der Waals surface area (Å²) in [6.07, 6.45) is 7.88. The average Bonchev–Trinajstić information content (AvgIpc) is 2.83. The normalized spacial score (nSPS) is 18.2. The first-order valence-corrected chi connectivity index (χ1v) is 12.1. The molecular formula is C27H35FO5. The van der Waals surface area contributed by atoms with Gasteiger partial charge in [0, 0.05) is 11.5 Å². The van der Waals surface area contributed by atoms with Gasteiger partial charge in [-0.05, 0) is 49.7 Å². The second kappa shape index (κ2) is 13.3. The van der Waals surface area contributed by atoms with E-state index >= 15 is 0 Å². The second-order valence-electron chi connectivity index (χ2n) is 8.45. The van der Waals surface area contributed by atoms with Crippen molar-refractivity contribution in [2.75, 3.05) is 19.8 Å². The molecule has 0 spiro atoms. The molecule has 2 aromatic rings. The standard InChI is InChI=1S/C27H35FO5/c1-3-5-6-7-8-9-10-20-18-31-27(32-19-20)24-16-11-21(17-25(24)28)26(29)33-23-14-12-22(13-15-23)30-4-2/h11-17,20,27H,3-10,18-19H2,1-2H3. The van der Waals surface area contributed by atoms with Crippen molar-refractivity contribution >= 4 is 5.97 Å². The van der Waals surface area contributed by atoms with Crippen molar-refractivity contribution < 1.29 is 28.1 Å². The first-order valence-electron chi connectivity index (χ1n) is 12.1. The van der Waals surface area contributed by atoms with Crippen LogP contribution in [0.4, 0.5) is 4.39 Å². The molecule has 33 heavy (non-hydrogen) atoms. The summed E-state index contributed by atoms with van der Waals surface area (Å²) in [4.78, 5) is 12.4. The van der Waals surface area contributed by atoms with Gasteiger partial charge < -0.3 is 18.9 Å². The summed E-state index contributed by atoms with van der Waals surface area (Å²) in [5, 5.41) is 0. The Bertz CT molecular complexity index is 859. The third kappa shape index (κ3) is 7.83. The molecule has 0 aliphatic carbocycles. The Kier molecular flexibility index (Phi) is 10.2. The third-order valence-corrected chi connectivity index (χ3v) is 5.77. The molecule has 0 saturated carbocycles. The van der Waals surface area contributed by atoms with E-state index in [0.717, 1.165) is 6.42 Å². The van der Waals surface area contributed by atoms with Crippen LogP contribution in [0.15, 0.2) is 42.5 Å². The van der Waals surface area contributed by atoms with Crippen LogP contribution in [0.3, 0.4) is 0 Å². The van der Waals surface area contributed by atoms with E-state index in [9.17, 15) is 9.18 Å². The van der Waals surface area contributed by atoms with Crippen molar-refractivity contribution in [3.05, 3.63) is 59.4 Å². The highest BCUT2D eigenvalue weighted by Gasteiger charge is 2.26. The Labute approximate surface area is 196 Å². The van der Waals surface area contributed by atoms with Crippen LogP contribution < -0.4 is 9.47 Å². The van der Waals surface area contributed by atoms with Gasteiger partial charge in [0.2, 0.25) is 0 Å². The highest BCUT2D eigenvalue weighted by molar-refractivity contribution is 5.91. The molecule has 1 heterocycles. The van der Waals surface area contributed by atoms with Gasteiger partial charge in [0.25, 0.3) is 0 Å². The molecule has 0 unspecified atom stereocenters. The van der Waals surface area contributed by atoms with Crippen LogP contribution in [0.25, 0.3) is 0 Å². The Balaban J connectivity index is 1.47. The van der Waals surface area contributed by atoms with Gasteiger partial charge in [-0.3, -0.25) is 0 Å². The number of ether oxygens (including phenoxy) is 4. The van der Waals surface area contributed by atoms with E-state index in [-0.39, 0.29) is 5.56 Å². The lowest BCUT2D eigenvalue weighted by Crippen LogP contribution is -2.27. The van der Waals surface area contributed by atoms with Crippen LogP contribution in [0.2, 0.25) is 0 Å². The average molecular weight is 459 g/mol. The molecule has 3 rings (SSSR count). The van der Waals surface area contributed by atoms with Crippen molar-refractivity contribution in [2.45, 2.75) is 65.1 Å². The molecule has 1 aliphatic heterocycles. The molecule has 1 aliphatic rings. The van der Waals surface area contributed by atoms with Crippen molar-refractivity contribution in [3.63, 3.8) is 0 Å². The van der Waals surface area contributed by atoms with Crippen LogP contribution in [0.1, 0.15) is 81.0 Å². The zero-order chi connectivity index (χ0) is 23.5. The number of hydrogen-bond donors (Lipinski definition) is 0. The van der Waals surface area contributed by atoms with Crippen molar-refractivity contribution in [3.8, 4) is 11.5 Å². The summed E-state index contributed by atoms with van der Waals surface area (Å²) in [7, 11) is 0. The predicted octanol–water partition coefficient (Wildman–Crippen LogP) is 6.86. The van der Waals surface area contributed by atoms with E-state index in [0.29, 0.717) is 42.8 Å². The number of esters is 1. The maximum Gasteiger partial charge on any atom is 0.343 e. The molecule has 0 amide bonds. The van der Waals surface area contributed by atoms with E-state index in [1.54, 1.807) is 24.3 Å². The molecule has 2 aromatic carbocycles. The van der Waals surface area contributed by atoms with Gasteiger partial charge in [-0.25, -0.2) is 9.18 Å². The predicted molar refractivity (Wildman–Crippen MR) is 125 cm³/mol. The molecule has 6 heteroatoms. The SMILES string of the molecule is CCCCCCCCC1COC(c2ccc(C(=O)Oc3ccc(OCC)cc3)cc2F)OC1. The Morgan fingerprint density at radius 3 is 2.27 bits per heavy atom. The van der Waals surface area contributed by atoms with E-state index in [2.05, 4.69) is 6.92 Å². The molecule has 1 saturated heterocycles. The number of halogens is 1. The highest BCUT2D eigenvalue weighted by Crippen LogP contribution is 2.30. The summed E-state index contributed by atoms with van der Waals surface area (Å²) in [5.74, 6) is 0.223. The number of carbonyl (C=O) groups excluding carboxylic acids is 1. The molecule has 0 atom stereocenters. The first kappa shape index (κ1) is 25.2. The molecule has 180 valence electrons. The zero-order valence-corrected chi connectivity index (χ0v) is 19.7. The third-order valence-electron chi connectivity index (χ3n) is 5.77. The summed E-state index contributed by atoms with van der Waals surface area (Å²) in [6.45, 7) is 5.78. The Morgan fingerprint density at radius 1 is 0.939 bits per heavy atom. The van der Waals surface area contributed by atoms with Crippen molar-refractivity contribution in [1.82, 2.24) is 0 Å². The number of unbranched alkanes of at least 4 members (excludes halogenated alkanes) is 5. The number of hydrogen-bond acceptors (Lipinski definition) is 5. The quantitative estimate of drug-likeness (QED) is 0.198. The molecule has 0 radical (unpaired) electrons. The maximum absolute atomic E-state index is 14.7. The molecule has 0 bridgehead atoms. The van der Waals surface area contributed by atoms with Gasteiger partial charge in [-0.15, -0.1) is 0 Å². The minimum Gasteiger partial charge on any atom is -0.494 e. The topological polar surface area (TPSA) is 54.0 Å². The van der Waals surface area contributed by atoms with Gasteiger partial charge in [-0.2, -0.15) is 0 Å². The van der Waals surface area contributed by atoms with Gasteiger partial charge in [0.15, 0.2) is 6.29 Å².